The van der Waals surface area contributed by atoms with Crippen molar-refractivity contribution >= 4 is 11.9 Å². The van der Waals surface area contributed by atoms with Crippen LogP contribution in [-0.4, -0.2) is 56.7 Å². The fourth-order valence-electron chi connectivity index (χ4n) is 3.64. The van der Waals surface area contributed by atoms with Crippen molar-refractivity contribution in [3.05, 3.63) is 46.1 Å². The summed E-state index contributed by atoms with van der Waals surface area (Å²) in [7, 11) is 0. The Morgan fingerprint density at radius 1 is 1.12 bits per heavy atom. The normalized spacial score (nSPS) is 17.9. The van der Waals surface area contributed by atoms with Crippen molar-refractivity contribution in [2.24, 2.45) is 0 Å². The number of hydrogen-bond acceptors (Lipinski definition) is 6. The minimum Gasteiger partial charge on any atom is -0.337 e. The average molecular weight is 354 g/mol. The molecule has 0 saturated carbocycles. The average Bonchev–Trinajstić information content (AvgIpc) is 3.14. The maximum Gasteiger partial charge on any atom is 0.267 e. The van der Waals surface area contributed by atoms with Gasteiger partial charge in [0.15, 0.2) is 0 Å². The van der Waals surface area contributed by atoms with E-state index in [9.17, 15) is 9.59 Å². The number of anilines is 1. The zero-order chi connectivity index (χ0) is 18.1. The summed E-state index contributed by atoms with van der Waals surface area (Å²) in [6.07, 6.45) is 6.25. The predicted molar refractivity (Wildman–Crippen MR) is 96.1 cm³/mol. The van der Waals surface area contributed by atoms with Crippen molar-refractivity contribution in [1.82, 2.24) is 24.6 Å². The number of rotatable bonds is 3. The lowest BCUT2D eigenvalue weighted by atomic mass is 10.2. The van der Waals surface area contributed by atoms with E-state index in [-0.39, 0.29) is 11.5 Å². The Hall–Kier alpha value is -2.77. The van der Waals surface area contributed by atoms with Gasteiger partial charge in [-0.2, -0.15) is 5.10 Å². The summed E-state index contributed by atoms with van der Waals surface area (Å²) in [5.41, 5.74) is 1.79. The van der Waals surface area contributed by atoms with E-state index in [0.717, 1.165) is 30.5 Å². The van der Waals surface area contributed by atoms with Crippen LogP contribution in [0.2, 0.25) is 0 Å². The molecular weight excluding hydrogens is 332 g/mol. The Balaban J connectivity index is 1.45. The lowest BCUT2D eigenvalue weighted by molar-refractivity contribution is -0.135. The fraction of sp³-hybridized carbons (Fsp3) is 0.500. The Bertz CT molecular complexity index is 858. The summed E-state index contributed by atoms with van der Waals surface area (Å²) in [6.45, 7) is 4.27. The molecule has 0 radical (unpaired) electrons. The predicted octanol–water partition coefficient (Wildman–Crippen LogP) is 0.432. The van der Waals surface area contributed by atoms with Crippen LogP contribution >= 0.6 is 0 Å². The Labute approximate surface area is 151 Å². The molecule has 2 aliphatic rings. The van der Waals surface area contributed by atoms with Gasteiger partial charge in [-0.25, -0.2) is 14.6 Å². The Kier molecular flexibility index (Phi) is 4.40. The van der Waals surface area contributed by atoms with E-state index in [0.29, 0.717) is 32.1 Å². The smallest absolute Gasteiger partial charge is 0.267 e. The summed E-state index contributed by atoms with van der Waals surface area (Å²) < 4.78 is 1.35. The van der Waals surface area contributed by atoms with Crippen LogP contribution < -0.4 is 10.5 Å². The van der Waals surface area contributed by atoms with Crippen LogP contribution in [-0.2, 0) is 17.6 Å². The molecule has 1 fully saturated rings. The molecule has 1 aliphatic carbocycles. The quantitative estimate of drug-likeness (QED) is 0.795. The molecule has 1 amide bonds. The number of piperazine rings is 1. The van der Waals surface area contributed by atoms with Gasteiger partial charge in [-0.05, 0) is 37.8 Å². The molecule has 2 aromatic rings. The maximum atomic E-state index is 12.9. The highest BCUT2D eigenvalue weighted by molar-refractivity contribution is 5.80. The SMILES string of the molecule is C[C@@H](C(=O)N1CCN(c2ncccn2)CC1)n1nc2c(cc1=O)CCC2. The van der Waals surface area contributed by atoms with Gasteiger partial charge in [0, 0.05) is 44.6 Å². The number of nitrogens with zero attached hydrogens (tertiary/aromatic N) is 6. The van der Waals surface area contributed by atoms with Gasteiger partial charge in [0.2, 0.25) is 11.9 Å². The van der Waals surface area contributed by atoms with E-state index in [4.69, 9.17) is 0 Å². The van der Waals surface area contributed by atoms with Crippen molar-refractivity contribution < 1.29 is 4.79 Å². The van der Waals surface area contributed by atoms with Crippen LogP contribution in [0.1, 0.15) is 30.6 Å². The minimum absolute atomic E-state index is 0.0637. The van der Waals surface area contributed by atoms with Gasteiger partial charge in [0.05, 0.1) is 5.69 Å². The third-order valence-electron chi connectivity index (χ3n) is 5.13. The lowest BCUT2D eigenvalue weighted by Gasteiger charge is -2.35. The van der Waals surface area contributed by atoms with E-state index in [1.165, 1.54) is 4.68 Å². The molecule has 4 rings (SSSR count). The molecule has 0 N–H and O–H groups in total. The number of fused-ring (bicyclic) bond motifs is 1. The molecule has 8 heteroatoms. The first-order valence-corrected chi connectivity index (χ1v) is 9.06. The summed E-state index contributed by atoms with van der Waals surface area (Å²) in [5, 5.41) is 4.46. The number of hydrogen-bond donors (Lipinski definition) is 0. The molecule has 0 aromatic carbocycles. The second-order valence-electron chi connectivity index (χ2n) is 6.79. The van der Waals surface area contributed by atoms with Crippen LogP contribution in [0.4, 0.5) is 5.95 Å². The van der Waals surface area contributed by atoms with Gasteiger partial charge in [-0.1, -0.05) is 0 Å². The number of aryl methyl sites for hydroxylation is 2. The van der Waals surface area contributed by atoms with Crippen LogP contribution in [0.3, 0.4) is 0 Å². The second-order valence-corrected chi connectivity index (χ2v) is 6.79. The van der Waals surface area contributed by atoms with Gasteiger partial charge in [0.25, 0.3) is 5.56 Å². The molecule has 2 aromatic heterocycles. The molecular formula is C18H22N6O2. The van der Waals surface area contributed by atoms with Gasteiger partial charge < -0.3 is 9.80 Å². The molecule has 1 aliphatic heterocycles. The number of amides is 1. The number of carbonyl (C=O) groups excluding carboxylic acids is 1. The molecule has 0 unspecified atom stereocenters. The van der Waals surface area contributed by atoms with E-state index < -0.39 is 6.04 Å². The summed E-state index contributed by atoms with van der Waals surface area (Å²) in [6, 6.07) is 2.84. The largest absolute Gasteiger partial charge is 0.337 e. The number of carbonyl (C=O) groups is 1. The van der Waals surface area contributed by atoms with Crippen molar-refractivity contribution in [2.75, 3.05) is 31.1 Å². The van der Waals surface area contributed by atoms with Crippen LogP contribution in [0, 0.1) is 0 Å². The van der Waals surface area contributed by atoms with Crippen molar-refractivity contribution in [3.63, 3.8) is 0 Å². The van der Waals surface area contributed by atoms with Gasteiger partial charge in [-0.3, -0.25) is 9.59 Å². The summed E-state index contributed by atoms with van der Waals surface area (Å²) >= 11 is 0. The zero-order valence-electron chi connectivity index (χ0n) is 14.8. The maximum absolute atomic E-state index is 12.9. The first-order valence-electron chi connectivity index (χ1n) is 9.06. The van der Waals surface area contributed by atoms with E-state index >= 15 is 0 Å². The first-order chi connectivity index (χ1) is 12.6. The van der Waals surface area contributed by atoms with Gasteiger partial charge >= 0.3 is 0 Å². The van der Waals surface area contributed by atoms with Crippen LogP contribution in [0.25, 0.3) is 0 Å². The van der Waals surface area contributed by atoms with Crippen molar-refractivity contribution in [1.29, 1.82) is 0 Å². The Morgan fingerprint density at radius 3 is 2.58 bits per heavy atom. The molecule has 136 valence electrons. The molecule has 1 saturated heterocycles. The second kappa shape index (κ2) is 6.86. The highest BCUT2D eigenvalue weighted by atomic mass is 16.2. The zero-order valence-corrected chi connectivity index (χ0v) is 14.8. The van der Waals surface area contributed by atoms with E-state index in [1.807, 2.05) is 0 Å². The standard InChI is InChI=1S/C18H22N6O2/c1-13(24-16(25)12-14-4-2-5-15(14)21-24)17(26)22-8-10-23(11-9-22)18-19-6-3-7-20-18/h3,6-7,12-13H,2,4-5,8-11H2,1H3/t13-/m0/s1. The van der Waals surface area contributed by atoms with E-state index in [2.05, 4.69) is 20.0 Å². The van der Waals surface area contributed by atoms with Gasteiger partial charge in [0.1, 0.15) is 6.04 Å². The highest BCUT2D eigenvalue weighted by Crippen LogP contribution is 2.19. The summed E-state index contributed by atoms with van der Waals surface area (Å²) in [4.78, 5) is 37.6. The molecule has 0 bridgehead atoms. The molecule has 3 heterocycles. The third-order valence-corrected chi connectivity index (χ3v) is 5.13. The monoisotopic (exact) mass is 354 g/mol. The topological polar surface area (TPSA) is 84.2 Å². The summed E-state index contributed by atoms with van der Waals surface area (Å²) in [5.74, 6) is 0.621. The Morgan fingerprint density at radius 2 is 1.85 bits per heavy atom. The molecule has 0 spiro atoms. The highest BCUT2D eigenvalue weighted by Gasteiger charge is 2.28. The minimum atomic E-state index is -0.590. The first kappa shape index (κ1) is 16.7. The lowest BCUT2D eigenvalue weighted by Crippen LogP contribution is -2.51. The molecule has 26 heavy (non-hydrogen) atoms. The molecule has 1 atom stereocenters. The third kappa shape index (κ3) is 3.07. The van der Waals surface area contributed by atoms with Gasteiger partial charge in [-0.15, -0.1) is 0 Å². The van der Waals surface area contributed by atoms with Crippen molar-refractivity contribution in [2.45, 2.75) is 32.2 Å². The molecule has 8 nitrogen and oxygen atoms in total. The van der Waals surface area contributed by atoms with Crippen LogP contribution in [0.15, 0.2) is 29.3 Å². The number of aromatic nitrogens is 4. The van der Waals surface area contributed by atoms with E-state index in [1.54, 1.807) is 36.4 Å². The van der Waals surface area contributed by atoms with Crippen molar-refractivity contribution in [3.8, 4) is 0 Å². The van der Waals surface area contributed by atoms with Crippen LogP contribution in [0.5, 0.6) is 0 Å². The fourth-order valence-corrected chi connectivity index (χ4v) is 3.64.